The lowest BCUT2D eigenvalue weighted by Crippen LogP contribution is -2.41. The molecule has 4 aromatic rings. The summed E-state index contributed by atoms with van der Waals surface area (Å²) in [6.45, 7) is 9.41. The maximum absolute atomic E-state index is 12.6. The van der Waals surface area contributed by atoms with Crippen LogP contribution in [0.4, 0.5) is 11.4 Å². The van der Waals surface area contributed by atoms with Crippen molar-refractivity contribution in [3.8, 4) is 0 Å². The number of hydrogen-bond donors (Lipinski definition) is 6. The molecule has 0 bridgehead atoms. The van der Waals surface area contributed by atoms with Crippen LogP contribution in [0, 0.1) is 0 Å². The minimum absolute atomic E-state index is 0.0146. The van der Waals surface area contributed by atoms with Gasteiger partial charge >= 0.3 is 0 Å². The minimum Gasteiger partial charge on any atom is -0.364 e. The van der Waals surface area contributed by atoms with Gasteiger partial charge in [0.15, 0.2) is 0 Å². The summed E-state index contributed by atoms with van der Waals surface area (Å²) in [7, 11) is -29.2. The molecule has 2 aliphatic rings. The van der Waals surface area contributed by atoms with Crippen molar-refractivity contribution in [2.24, 2.45) is 0 Å². The summed E-state index contributed by atoms with van der Waals surface area (Å²) in [6, 6.07) is 8.28. The van der Waals surface area contributed by atoms with Crippen LogP contribution in [-0.4, -0.2) is 107 Å². The lowest BCUT2D eigenvalue weighted by atomic mass is 9.78. The highest BCUT2D eigenvalue weighted by Crippen LogP contribution is 2.53. The molecule has 20 nitrogen and oxygen atoms in total. The average molecular weight is 1130 g/mol. The van der Waals surface area contributed by atoms with Gasteiger partial charge in [0.25, 0.3) is 60.7 Å². The van der Waals surface area contributed by atoms with Crippen LogP contribution >= 0.6 is 15.9 Å². The molecule has 0 fully saturated rings. The highest BCUT2D eigenvalue weighted by atomic mass is 79.9. The van der Waals surface area contributed by atoms with Crippen LogP contribution in [0.2, 0.25) is 0 Å². The van der Waals surface area contributed by atoms with Crippen molar-refractivity contribution in [1.82, 2.24) is 0 Å². The quantitative estimate of drug-likeness (QED) is 0.0562. The van der Waals surface area contributed by atoms with Crippen molar-refractivity contribution < 1.29 is 77.8 Å². The van der Waals surface area contributed by atoms with E-state index in [1.165, 1.54) is 38.1 Å². The van der Waals surface area contributed by atoms with Gasteiger partial charge < -0.3 is 9.80 Å². The van der Waals surface area contributed by atoms with Gasteiger partial charge in [0, 0.05) is 56.2 Å². The largest absolute Gasteiger partial charge is 0.364 e. The number of rotatable bonds is 15. The van der Waals surface area contributed by atoms with Crippen LogP contribution in [-0.2, 0) is 71.5 Å². The summed E-state index contributed by atoms with van der Waals surface area (Å²) in [5, 5.41) is -2.62. The molecule has 2 aliphatic heterocycles. The first-order chi connectivity index (χ1) is 30.8. The summed E-state index contributed by atoms with van der Waals surface area (Å²) in [6.07, 6.45) is 6.31. The molecule has 4 aromatic carbocycles. The van der Waals surface area contributed by atoms with Gasteiger partial charge in [0.2, 0.25) is 0 Å². The number of nitrogens with zero attached hydrogens (tertiary/aromatic N) is 2. The van der Waals surface area contributed by atoms with Crippen LogP contribution < -0.4 is 9.80 Å². The average Bonchev–Trinajstić information content (AvgIpc) is 3.54. The normalized spacial score (nSPS) is 19.6. The maximum Gasteiger partial charge on any atom is 0.295 e. The van der Waals surface area contributed by atoms with Gasteiger partial charge in [-0.05, 0) is 103 Å². The summed E-state index contributed by atoms with van der Waals surface area (Å²) >= 11 is 3.55. The van der Waals surface area contributed by atoms with E-state index in [4.69, 9.17) is 0 Å². The van der Waals surface area contributed by atoms with Crippen molar-refractivity contribution in [3.63, 3.8) is 0 Å². The Hall–Kier alpha value is -3.84. The van der Waals surface area contributed by atoms with Gasteiger partial charge in [-0.15, -0.1) is 0 Å². The zero-order valence-corrected chi connectivity index (χ0v) is 43.3. The second kappa shape index (κ2) is 17.8. The highest BCUT2D eigenvalue weighted by Gasteiger charge is 2.46. The topological polar surface area (TPSA) is 333 Å². The summed E-state index contributed by atoms with van der Waals surface area (Å²) in [5.41, 5.74) is -0.351. The highest BCUT2D eigenvalue weighted by molar-refractivity contribution is 9.11. The Balaban J connectivity index is 1.52. The SMILES string of the molecule is CC(CCN1/C(=C/C=C(Br)/C=C/C2N(CCC(C)S(=O)(=O)O)c3ccc4c(S(=O)(=O)O)cc(S(=O)(=O)O)cc4c3C2(C)C)C(C)(C)c2c1ccc1c(S(=O)(=O)O)cc(S(=O)(=O)O)cc21)S(=O)(=O)O. The fraction of sp³-hybridized carbons (Fsp3) is 0.366. The van der Waals surface area contributed by atoms with Crippen LogP contribution in [0.25, 0.3) is 21.5 Å². The van der Waals surface area contributed by atoms with Crippen molar-refractivity contribution in [1.29, 1.82) is 0 Å². The molecule has 0 aliphatic carbocycles. The Bertz CT molecular complexity index is 3590. The van der Waals surface area contributed by atoms with Crippen LogP contribution in [0.3, 0.4) is 0 Å². The molecule has 0 saturated carbocycles. The van der Waals surface area contributed by atoms with E-state index in [2.05, 4.69) is 15.9 Å². The van der Waals surface area contributed by atoms with E-state index >= 15 is 0 Å². The molecule has 3 atom stereocenters. The molecule has 372 valence electrons. The lowest BCUT2D eigenvalue weighted by Gasteiger charge is -2.33. The van der Waals surface area contributed by atoms with E-state index in [0.717, 1.165) is 12.1 Å². The fourth-order valence-corrected chi connectivity index (χ4v) is 12.8. The van der Waals surface area contributed by atoms with Gasteiger partial charge in [0.1, 0.15) is 9.79 Å². The zero-order valence-electron chi connectivity index (χ0n) is 36.8. The molecule has 2 heterocycles. The smallest absolute Gasteiger partial charge is 0.295 e. The van der Waals surface area contributed by atoms with Gasteiger partial charge in [-0.3, -0.25) is 27.3 Å². The monoisotopic (exact) mass is 1130 g/mol. The first-order valence-electron chi connectivity index (χ1n) is 20.1. The summed E-state index contributed by atoms with van der Waals surface area (Å²) in [5.74, 6) is 0. The molecule has 68 heavy (non-hydrogen) atoms. The van der Waals surface area contributed by atoms with Crippen molar-refractivity contribution in [3.05, 3.63) is 94.1 Å². The van der Waals surface area contributed by atoms with Crippen molar-refractivity contribution in [2.75, 3.05) is 22.9 Å². The Morgan fingerprint density at radius 2 is 1.06 bits per heavy atom. The molecule has 0 radical (unpaired) electrons. The fourth-order valence-electron chi connectivity index (χ4n) is 9.00. The molecule has 0 amide bonds. The summed E-state index contributed by atoms with van der Waals surface area (Å²) in [4.78, 5) is 0.196. The van der Waals surface area contributed by atoms with Crippen LogP contribution in [0.1, 0.15) is 65.5 Å². The van der Waals surface area contributed by atoms with E-state index < -0.39 is 108 Å². The predicted octanol–water partition coefficient (Wildman–Crippen LogP) is 6.30. The minimum atomic E-state index is -5.07. The van der Waals surface area contributed by atoms with Gasteiger partial charge in [-0.2, -0.15) is 50.5 Å². The number of allylic oxidation sites excluding steroid dienone is 5. The van der Waals surface area contributed by atoms with E-state index in [1.807, 2.05) is 0 Å². The molecular formula is C41H47BrN2O18S6. The standard InChI is InChI=1S/C41H47BrN2O18S6/c1-23(63(45,46)47)15-17-43-32-11-9-28-30(19-26(65(51,52)53)21-34(28)67(57,58)59)38(32)40(3,4)36(43)13-7-25(42)8-14-37-41(5,6)39-31-20-27(66(54,55)56)22-35(68(60,61)62)29(31)10-12-33(39)44(37)18-16-24(2)64(48,49)50/h7-14,19-24,36H,15-18H2,1-6H3,(H,45,46,47)(H,48,49,50)(H,51,52,53)(H,54,55,56)(H,57,58,59)(H,60,61,62)/b13-7+,25-8-,37-14+. The first-order valence-corrected chi connectivity index (χ1v) is 29.7. The Kier molecular flexibility index (Phi) is 14.0. The molecule has 27 heteroatoms. The Labute approximate surface area is 403 Å². The van der Waals surface area contributed by atoms with Gasteiger partial charge in [0.05, 0.1) is 26.3 Å². The number of anilines is 2. The molecule has 0 aromatic heterocycles. The van der Waals surface area contributed by atoms with E-state index in [1.54, 1.807) is 61.8 Å². The van der Waals surface area contributed by atoms with Crippen LogP contribution in [0.5, 0.6) is 0 Å². The van der Waals surface area contributed by atoms with Crippen molar-refractivity contribution >= 4 is 110 Å². The summed E-state index contributed by atoms with van der Waals surface area (Å²) < 4.78 is 209. The second-order valence-electron chi connectivity index (χ2n) is 17.7. The predicted molar refractivity (Wildman–Crippen MR) is 257 cm³/mol. The first kappa shape index (κ1) is 53.5. The van der Waals surface area contributed by atoms with Crippen molar-refractivity contribution in [2.45, 2.75) is 101 Å². The molecule has 6 rings (SSSR count). The second-order valence-corrected chi connectivity index (χ2v) is 27.9. The van der Waals surface area contributed by atoms with Crippen LogP contribution in [0.15, 0.2) is 103 Å². The zero-order chi connectivity index (χ0) is 51.3. The third-order valence-electron chi connectivity index (χ3n) is 12.5. The number of benzene rings is 4. The van der Waals surface area contributed by atoms with E-state index in [-0.39, 0.29) is 47.5 Å². The maximum atomic E-state index is 12.6. The lowest BCUT2D eigenvalue weighted by molar-refractivity contribution is 0.455. The number of halogens is 1. The Morgan fingerprint density at radius 1 is 0.618 bits per heavy atom. The molecule has 6 N–H and O–H groups in total. The number of fused-ring (bicyclic) bond motifs is 6. The van der Waals surface area contributed by atoms with Gasteiger partial charge in [-0.25, -0.2) is 0 Å². The molecular weight excluding hydrogens is 1080 g/mol. The molecule has 3 unspecified atom stereocenters. The molecule has 0 spiro atoms. The molecule has 0 saturated heterocycles. The van der Waals surface area contributed by atoms with E-state index in [9.17, 15) is 77.8 Å². The third kappa shape index (κ3) is 10.3. The van der Waals surface area contributed by atoms with E-state index in [0.29, 0.717) is 44.8 Å². The number of hydrogen-bond acceptors (Lipinski definition) is 14. The third-order valence-corrected chi connectivity index (χ3v) is 19.0. The van der Waals surface area contributed by atoms with Gasteiger partial charge in [-0.1, -0.05) is 61.8 Å². The Morgan fingerprint density at radius 3 is 1.50 bits per heavy atom.